The summed E-state index contributed by atoms with van der Waals surface area (Å²) < 4.78 is 5.74. The van der Waals surface area contributed by atoms with Crippen molar-refractivity contribution in [3.63, 3.8) is 0 Å². The maximum atomic E-state index is 11.3. The summed E-state index contributed by atoms with van der Waals surface area (Å²) in [6.45, 7) is 3.81. The van der Waals surface area contributed by atoms with Gasteiger partial charge in [0.1, 0.15) is 12.4 Å². The Morgan fingerprint density at radius 1 is 1.15 bits per heavy atom. The second-order valence-corrected chi connectivity index (χ2v) is 5.40. The van der Waals surface area contributed by atoms with E-state index in [0.717, 1.165) is 16.9 Å². The molecule has 0 fully saturated rings. The number of carbonyl (C=O) groups excluding carboxylic acids is 1. The summed E-state index contributed by atoms with van der Waals surface area (Å²) in [6, 6.07) is 10.7. The van der Waals surface area contributed by atoms with Gasteiger partial charge >= 0.3 is 0 Å². The highest BCUT2D eigenvalue weighted by Crippen LogP contribution is 2.24. The smallest absolute Gasteiger partial charge is 0.159 e. The number of halogens is 2. The molecule has 0 amide bonds. The molecule has 2 aromatic rings. The third-order valence-electron chi connectivity index (χ3n) is 2.98. The summed E-state index contributed by atoms with van der Waals surface area (Å²) in [7, 11) is 0. The zero-order valence-corrected chi connectivity index (χ0v) is 12.8. The molecule has 0 saturated carbocycles. The summed E-state index contributed by atoms with van der Waals surface area (Å²) in [6.07, 6.45) is 0. The number of hydrogen-bond donors (Lipinski definition) is 0. The van der Waals surface area contributed by atoms with E-state index in [1.165, 1.54) is 0 Å². The Labute approximate surface area is 128 Å². The van der Waals surface area contributed by atoms with Gasteiger partial charge in [-0.2, -0.15) is 0 Å². The third kappa shape index (κ3) is 3.53. The fourth-order valence-electron chi connectivity index (χ4n) is 1.82. The van der Waals surface area contributed by atoms with Crippen LogP contribution in [0.2, 0.25) is 10.0 Å². The molecule has 0 saturated heterocycles. The lowest BCUT2D eigenvalue weighted by atomic mass is 10.1. The Balaban J connectivity index is 2.13. The Kier molecular flexibility index (Phi) is 4.69. The SMILES string of the molecule is CC(=O)c1ccc(OCc2ccc(Cl)cc2Cl)c(C)c1. The second kappa shape index (κ2) is 6.29. The van der Waals surface area contributed by atoms with Crippen LogP contribution in [-0.4, -0.2) is 5.78 Å². The Morgan fingerprint density at radius 3 is 2.50 bits per heavy atom. The largest absolute Gasteiger partial charge is 0.489 e. The fraction of sp³-hybridized carbons (Fsp3) is 0.188. The van der Waals surface area contributed by atoms with Crippen LogP contribution < -0.4 is 4.74 Å². The van der Waals surface area contributed by atoms with Gasteiger partial charge in [0.15, 0.2) is 5.78 Å². The van der Waals surface area contributed by atoms with Gasteiger partial charge in [-0.25, -0.2) is 0 Å². The Hall–Kier alpha value is -1.51. The van der Waals surface area contributed by atoms with Crippen molar-refractivity contribution < 1.29 is 9.53 Å². The first kappa shape index (κ1) is 14.9. The Bertz CT molecular complexity index is 651. The molecule has 104 valence electrons. The summed E-state index contributed by atoms with van der Waals surface area (Å²) in [5.74, 6) is 0.779. The van der Waals surface area contributed by atoms with Crippen molar-refractivity contribution in [1.82, 2.24) is 0 Å². The van der Waals surface area contributed by atoms with E-state index in [0.29, 0.717) is 22.2 Å². The zero-order chi connectivity index (χ0) is 14.7. The van der Waals surface area contributed by atoms with Crippen molar-refractivity contribution in [2.45, 2.75) is 20.5 Å². The van der Waals surface area contributed by atoms with Crippen LogP contribution in [0.5, 0.6) is 5.75 Å². The van der Waals surface area contributed by atoms with Crippen LogP contribution in [0.25, 0.3) is 0 Å². The van der Waals surface area contributed by atoms with Crippen molar-refractivity contribution >= 4 is 29.0 Å². The molecule has 0 aliphatic rings. The molecule has 0 unspecified atom stereocenters. The van der Waals surface area contributed by atoms with Gasteiger partial charge in [0.25, 0.3) is 0 Å². The molecule has 0 spiro atoms. The van der Waals surface area contributed by atoms with E-state index in [1.54, 1.807) is 31.2 Å². The average molecular weight is 309 g/mol. The first-order chi connectivity index (χ1) is 9.47. The van der Waals surface area contributed by atoms with Gasteiger partial charge in [-0.15, -0.1) is 0 Å². The van der Waals surface area contributed by atoms with E-state index in [2.05, 4.69) is 0 Å². The van der Waals surface area contributed by atoms with Gasteiger partial charge in [-0.3, -0.25) is 4.79 Å². The minimum absolute atomic E-state index is 0.0420. The van der Waals surface area contributed by atoms with E-state index in [9.17, 15) is 4.79 Å². The Morgan fingerprint density at radius 2 is 1.90 bits per heavy atom. The highest BCUT2D eigenvalue weighted by Gasteiger charge is 2.06. The predicted octanol–water partition coefficient (Wildman–Crippen LogP) is 5.08. The van der Waals surface area contributed by atoms with E-state index in [4.69, 9.17) is 27.9 Å². The van der Waals surface area contributed by atoms with Crippen LogP contribution in [-0.2, 0) is 6.61 Å². The number of rotatable bonds is 4. The third-order valence-corrected chi connectivity index (χ3v) is 3.57. The summed E-state index contributed by atoms with van der Waals surface area (Å²) in [4.78, 5) is 11.3. The first-order valence-corrected chi connectivity index (χ1v) is 6.91. The lowest BCUT2D eigenvalue weighted by Crippen LogP contribution is -1.99. The maximum absolute atomic E-state index is 11.3. The number of hydrogen-bond acceptors (Lipinski definition) is 2. The summed E-state index contributed by atoms with van der Waals surface area (Å²) in [5, 5.41) is 1.18. The lowest BCUT2D eigenvalue weighted by molar-refractivity contribution is 0.101. The number of carbonyl (C=O) groups is 1. The number of ether oxygens (including phenoxy) is 1. The minimum atomic E-state index is 0.0420. The van der Waals surface area contributed by atoms with Crippen molar-refractivity contribution in [3.8, 4) is 5.75 Å². The van der Waals surface area contributed by atoms with Crippen LogP contribution in [0.1, 0.15) is 28.4 Å². The molecular weight excluding hydrogens is 295 g/mol. The van der Waals surface area contributed by atoms with Crippen LogP contribution in [0.15, 0.2) is 36.4 Å². The normalized spacial score (nSPS) is 10.4. The molecule has 0 bridgehead atoms. The molecule has 2 rings (SSSR count). The number of aryl methyl sites for hydroxylation is 1. The van der Waals surface area contributed by atoms with Crippen molar-refractivity contribution in [1.29, 1.82) is 0 Å². The predicted molar refractivity (Wildman–Crippen MR) is 82.0 cm³/mol. The molecule has 2 aromatic carbocycles. The summed E-state index contributed by atoms with van der Waals surface area (Å²) >= 11 is 11.9. The molecule has 20 heavy (non-hydrogen) atoms. The van der Waals surface area contributed by atoms with Gasteiger partial charge in [0, 0.05) is 21.2 Å². The maximum Gasteiger partial charge on any atom is 0.159 e. The molecule has 0 heterocycles. The zero-order valence-electron chi connectivity index (χ0n) is 11.2. The molecule has 0 atom stereocenters. The molecule has 0 aliphatic carbocycles. The molecule has 0 N–H and O–H groups in total. The lowest BCUT2D eigenvalue weighted by Gasteiger charge is -2.11. The molecule has 2 nitrogen and oxygen atoms in total. The van der Waals surface area contributed by atoms with Crippen molar-refractivity contribution in [2.75, 3.05) is 0 Å². The summed E-state index contributed by atoms with van der Waals surface area (Å²) in [5.41, 5.74) is 2.47. The number of benzene rings is 2. The first-order valence-electron chi connectivity index (χ1n) is 6.15. The minimum Gasteiger partial charge on any atom is -0.489 e. The molecule has 0 radical (unpaired) electrons. The van der Waals surface area contributed by atoms with Gasteiger partial charge in [-0.1, -0.05) is 29.3 Å². The highest BCUT2D eigenvalue weighted by molar-refractivity contribution is 6.35. The molecular formula is C16H14Cl2O2. The van der Waals surface area contributed by atoms with Crippen LogP contribution in [0.4, 0.5) is 0 Å². The molecule has 0 aromatic heterocycles. The molecule has 4 heteroatoms. The van der Waals surface area contributed by atoms with E-state index in [-0.39, 0.29) is 5.78 Å². The molecule has 0 aliphatic heterocycles. The highest BCUT2D eigenvalue weighted by atomic mass is 35.5. The monoisotopic (exact) mass is 308 g/mol. The van der Waals surface area contributed by atoms with E-state index >= 15 is 0 Å². The van der Waals surface area contributed by atoms with E-state index < -0.39 is 0 Å². The van der Waals surface area contributed by atoms with Crippen LogP contribution in [0, 0.1) is 6.92 Å². The fourth-order valence-corrected chi connectivity index (χ4v) is 2.29. The van der Waals surface area contributed by atoms with Gasteiger partial charge in [0.2, 0.25) is 0 Å². The van der Waals surface area contributed by atoms with Gasteiger partial charge in [0.05, 0.1) is 0 Å². The quantitative estimate of drug-likeness (QED) is 0.736. The van der Waals surface area contributed by atoms with E-state index in [1.807, 2.05) is 19.1 Å². The second-order valence-electron chi connectivity index (χ2n) is 4.56. The van der Waals surface area contributed by atoms with Crippen LogP contribution in [0.3, 0.4) is 0 Å². The average Bonchev–Trinajstić information content (AvgIpc) is 2.38. The van der Waals surface area contributed by atoms with Crippen molar-refractivity contribution in [2.24, 2.45) is 0 Å². The standard InChI is InChI=1S/C16H14Cl2O2/c1-10-7-12(11(2)19)4-6-16(10)20-9-13-3-5-14(17)8-15(13)18/h3-8H,9H2,1-2H3. The van der Waals surface area contributed by atoms with Gasteiger partial charge < -0.3 is 4.74 Å². The number of Topliss-reactive ketones (excluding diaryl/α,β-unsaturated/α-hetero) is 1. The number of ketones is 1. The van der Waals surface area contributed by atoms with Crippen LogP contribution >= 0.6 is 23.2 Å². The van der Waals surface area contributed by atoms with Crippen molar-refractivity contribution in [3.05, 3.63) is 63.1 Å². The van der Waals surface area contributed by atoms with Gasteiger partial charge in [-0.05, 0) is 49.7 Å². The topological polar surface area (TPSA) is 26.3 Å².